The van der Waals surface area contributed by atoms with Crippen molar-refractivity contribution in [3.05, 3.63) is 0 Å². The van der Waals surface area contributed by atoms with Gasteiger partial charge in [-0.15, -0.1) is 0 Å². The first kappa shape index (κ1) is 9.11. The van der Waals surface area contributed by atoms with Gasteiger partial charge in [0.2, 0.25) is 0 Å². The predicted octanol–water partition coefficient (Wildman–Crippen LogP) is -0.234. The van der Waals surface area contributed by atoms with Crippen LogP contribution in [0.3, 0.4) is 0 Å². The van der Waals surface area contributed by atoms with Crippen LogP contribution in [0.2, 0.25) is 0 Å². The van der Waals surface area contributed by atoms with Gasteiger partial charge in [-0.25, -0.2) is 0 Å². The summed E-state index contributed by atoms with van der Waals surface area (Å²) in [6, 6.07) is 0. The SMILES string of the molecule is O=[S-](=O)O.[Zn]. The topological polar surface area (TPSA) is 54.4 Å². The maximum Gasteiger partial charge on any atom is 0.0495 e. The Hall–Kier alpha value is 0.533. The van der Waals surface area contributed by atoms with Gasteiger partial charge >= 0.3 is 0 Å². The molecule has 0 spiro atoms. The van der Waals surface area contributed by atoms with Gasteiger partial charge in [0.25, 0.3) is 0 Å². The maximum absolute atomic E-state index is 8.56. The van der Waals surface area contributed by atoms with Crippen molar-refractivity contribution < 1.29 is 32.4 Å². The van der Waals surface area contributed by atoms with E-state index < -0.39 is 11.0 Å². The number of hydrogen-bond acceptors (Lipinski definition) is 3. The van der Waals surface area contributed by atoms with Gasteiger partial charge in [0, 0.05) is 30.5 Å². The summed E-state index contributed by atoms with van der Waals surface area (Å²) in [6.45, 7) is 0. The van der Waals surface area contributed by atoms with Crippen molar-refractivity contribution in [2.45, 2.75) is 0 Å². The van der Waals surface area contributed by atoms with Crippen LogP contribution in [0.25, 0.3) is 0 Å². The fraction of sp³-hybridized carbons (Fsp3) is 0. The quantitative estimate of drug-likeness (QED) is 0.222. The van der Waals surface area contributed by atoms with Gasteiger partial charge in [-0.05, 0) is 0 Å². The van der Waals surface area contributed by atoms with E-state index in [9.17, 15) is 0 Å². The molecule has 0 aliphatic heterocycles. The fourth-order valence-corrected chi connectivity index (χ4v) is 0. The summed E-state index contributed by atoms with van der Waals surface area (Å²) in [6.07, 6.45) is 0. The van der Waals surface area contributed by atoms with Gasteiger partial charge in [0.1, 0.15) is 0 Å². The average molecular weight is 146 g/mol. The van der Waals surface area contributed by atoms with Gasteiger partial charge < -0.3 is 13.0 Å². The zero-order chi connectivity index (χ0) is 3.58. The van der Waals surface area contributed by atoms with E-state index >= 15 is 0 Å². The van der Waals surface area contributed by atoms with Crippen LogP contribution in [0.15, 0.2) is 0 Å². The van der Waals surface area contributed by atoms with Crippen LogP contribution in [0.1, 0.15) is 0 Å². The second kappa shape index (κ2) is 4.53. The Morgan fingerprint density at radius 1 is 1.40 bits per heavy atom. The Balaban J connectivity index is 0. The average Bonchev–Trinajstić information content (AvgIpc) is 0.811. The fourth-order valence-electron chi connectivity index (χ4n) is 0. The minimum atomic E-state index is -2.86. The van der Waals surface area contributed by atoms with E-state index in [1.807, 2.05) is 0 Å². The van der Waals surface area contributed by atoms with Crippen LogP contribution < -0.4 is 0 Å². The van der Waals surface area contributed by atoms with E-state index in [1.165, 1.54) is 0 Å². The first-order valence-electron chi connectivity index (χ1n) is 0.516. The summed E-state index contributed by atoms with van der Waals surface area (Å²) in [7, 11) is -2.86. The van der Waals surface area contributed by atoms with Crippen LogP contribution in [0.4, 0.5) is 0 Å². The molecule has 0 atom stereocenters. The van der Waals surface area contributed by atoms with Gasteiger partial charge in [0.15, 0.2) is 0 Å². The van der Waals surface area contributed by atoms with Crippen molar-refractivity contribution in [1.82, 2.24) is 0 Å². The molecule has 0 unspecified atom stereocenters. The monoisotopic (exact) mass is 145 g/mol. The third-order valence-corrected chi connectivity index (χ3v) is 0. The van der Waals surface area contributed by atoms with E-state index in [2.05, 4.69) is 0 Å². The summed E-state index contributed by atoms with van der Waals surface area (Å²) < 4.78 is 24.1. The normalized spacial score (nSPS) is 6.80. The molecule has 0 aliphatic carbocycles. The Morgan fingerprint density at radius 2 is 1.40 bits per heavy atom. The molecule has 0 amide bonds. The minimum absolute atomic E-state index is 0. The van der Waals surface area contributed by atoms with Gasteiger partial charge in [-0.1, -0.05) is 0 Å². The first-order valence-corrected chi connectivity index (χ1v) is 1.55. The van der Waals surface area contributed by atoms with E-state index in [0.29, 0.717) is 0 Å². The summed E-state index contributed by atoms with van der Waals surface area (Å²) in [4.78, 5) is 0. The Morgan fingerprint density at radius 3 is 1.40 bits per heavy atom. The van der Waals surface area contributed by atoms with Crippen LogP contribution >= 0.6 is 0 Å². The van der Waals surface area contributed by atoms with E-state index in [4.69, 9.17) is 13.0 Å². The Labute approximate surface area is 43.9 Å². The van der Waals surface area contributed by atoms with Crippen molar-refractivity contribution in [2.24, 2.45) is 0 Å². The van der Waals surface area contributed by atoms with Crippen LogP contribution in [0, 0.1) is 0 Å². The molecular formula is HO3SZn-. The van der Waals surface area contributed by atoms with Crippen molar-refractivity contribution in [2.75, 3.05) is 0 Å². The molecule has 0 heterocycles. The van der Waals surface area contributed by atoms with Crippen molar-refractivity contribution in [1.29, 1.82) is 0 Å². The largest absolute Gasteiger partial charge is 0.439 e. The molecule has 5 heteroatoms. The molecule has 0 bridgehead atoms. The Bertz CT molecular complexity index is 55.3. The molecule has 0 saturated carbocycles. The Kier molecular flexibility index (Phi) is 8.26. The third-order valence-electron chi connectivity index (χ3n) is 0. The summed E-state index contributed by atoms with van der Waals surface area (Å²) in [5.41, 5.74) is 0. The zero-order valence-electron chi connectivity index (χ0n) is 2.38. The molecule has 0 aromatic carbocycles. The van der Waals surface area contributed by atoms with Crippen LogP contribution in [0.5, 0.6) is 0 Å². The molecular weight excluding hydrogens is 145 g/mol. The minimum Gasteiger partial charge on any atom is -0.439 e. The third kappa shape index (κ3) is 102. The summed E-state index contributed by atoms with van der Waals surface area (Å²) in [5, 5.41) is 0. The second-order valence-electron chi connectivity index (χ2n) is 0.217. The predicted molar refractivity (Wildman–Crippen MR) is 11.4 cm³/mol. The second-order valence-corrected chi connectivity index (χ2v) is 0.651. The van der Waals surface area contributed by atoms with E-state index in [0.717, 1.165) is 0 Å². The molecule has 1 N–H and O–H groups in total. The van der Waals surface area contributed by atoms with E-state index in [-0.39, 0.29) is 19.5 Å². The molecule has 0 saturated heterocycles. The van der Waals surface area contributed by atoms with Gasteiger partial charge in [0.05, 0.1) is 0 Å². The molecule has 0 fully saturated rings. The zero-order valence-corrected chi connectivity index (χ0v) is 6.16. The summed E-state index contributed by atoms with van der Waals surface area (Å²) in [5.74, 6) is 0. The molecule has 0 radical (unpaired) electrons. The standard InChI is InChI=1S/HO3S.Zn/c1-4(2)3;/h(H,1,2,3);/q-1;. The van der Waals surface area contributed by atoms with Crippen molar-refractivity contribution >= 4 is 11.0 Å². The maximum atomic E-state index is 8.56. The first-order chi connectivity index (χ1) is 1.73. The van der Waals surface area contributed by atoms with Crippen molar-refractivity contribution in [3.8, 4) is 0 Å². The summed E-state index contributed by atoms with van der Waals surface area (Å²) >= 11 is 0. The molecule has 5 heavy (non-hydrogen) atoms. The molecule has 3 nitrogen and oxygen atoms in total. The van der Waals surface area contributed by atoms with Gasteiger partial charge in [-0.2, -0.15) is 0 Å². The smallest absolute Gasteiger partial charge is 0.0495 e. The molecule has 0 aliphatic rings. The molecule has 0 aromatic rings. The van der Waals surface area contributed by atoms with E-state index in [1.54, 1.807) is 0 Å². The van der Waals surface area contributed by atoms with Crippen LogP contribution in [-0.2, 0) is 38.9 Å². The number of rotatable bonds is 0. The van der Waals surface area contributed by atoms with Crippen molar-refractivity contribution in [3.63, 3.8) is 0 Å². The van der Waals surface area contributed by atoms with Gasteiger partial charge in [-0.3, -0.25) is 0 Å². The molecule has 28 valence electrons. The molecule has 0 rings (SSSR count). The van der Waals surface area contributed by atoms with Crippen LogP contribution in [-0.4, -0.2) is 4.55 Å². The molecule has 0 aromatic heterocycles. The number of hydrogen-bond donors (Lipinski definition) is 1.